The third kappa shape index (κ3) is 4.91. The van der Waals surface area contributed by atoms with Gasteiger partial charge in [0.25, 0.3) is 0 Å². The Morgan fingerprint density at radius 3 is 2.34 bits per heavy atom. The molecule has 2 aromatic carbocycles. The molecule has 0 bridgehead atoms. The van der Waals surface area contributed by atoms with Crippen LogP contribution in [0, 0.1) is 11.7 Å². The SMILES string of the molecule is CCc1cnc(N2CCC(Cn3ncc4cc(-c5ccc(S(C)(=O)=O)cc5)c(F)cc43)CC2)nc1. The Kier molecular flexibility index (Phi) is 6.27. The lowest BCUT2D eigenvalue weighted by atomic mass is 9.97. The number of piperidine rings is 1. The maximum Gasteiger partial charge on any atom is 0.225 e. The molecule has 0 amide bonds. The molecule has 9 heteroatoms. The van der Waals surface area contributed by atoms with Crippen molar-refractivity contribution in [3.63, 3.8) is 0 Å². The fourth-order valence-corrected chi connectivity index (χ4v) is 5.23. The monoisotopic (exact) mass is 493 g/mol. The van der Waals surface area contributed by atoms with Crippen LogP contribution in [0.25, 0.3) is 22.0 Å². The molecule has 0 spiro atoms. The molecule has 1 aliphatic heterocycles. The van der Waals surface area contributed by atoms with E-state index in [0.717, 1.165) is 67.6 Å². The van der Waals surface area contributed by atoms with E-state index in [1.54, 1.807) is 24.4 Å². The number of halogens is 1. The van der Waals surface area contributed by atoms with Crippen molar-refractivity contribution in [2.24, 2.45) is 5.92 Å². The molecule has 0 radical (unpaired) electrons. The summed E-state index contributed by atoms with van der Waals surface area (Å²) in [5.74, 6) is 0.869. The molecular weight excluding hydrogens is 465 g/mol. The van der Waals surface area contributed by atoms with Crippen LogP contribution < -0.4 is 4.90 Å². The van der Waals surface area contributed by atoms with Gasteiger partial charge in [0.15, 0.2) is 9.84 Å². The molecule has 1 fully saturated rings. The van der Waals surface area contributed by atoms with Gasteiger partial charge in [-0.2, -0.15) is 5.10 Å². The van der Waals surface area contributed by atoms with Gasteiger partial charge in [-0.3, -0.25) is 4.68 Å². The zero-order valence-corrected chi connectivity index (χ0v) is 20.7. The molecule has 3 heterocycles. The Morgan fingerprint density at radius 2 is 1.71 bits per heavy atom. The van der Waals surface area contributed by atoms with Crippen molar-refractivity contribution in [2.45, 2.75) is 37.6 Å². The van der Waals surface area contributed by atoms with Gasteiger partial charge in [-0.05, 0) is 54.5 Å². The molecule has 0 aliphatic carbocycles. The predicted octanol–water partition coefficient (Wildman–Crippen LogP) is 4.51. The van der Waals surface area contributed by atoms with Crippen LogP contribution >= 0.6 is 0 Å². The van der Waals surface area contributed by atoms with E-state index in [0.29, 0.717) is 17.0 Å². The number of fused-ring (bicyclic) bond motifs is 1. The summed E-state index contributed by atoms with van der Waals surface area (Å²) in [4.78, 5) is 11.4. The maximum absolute atomic E-state index is 15.1. The number of aryl methyl sites for hydroxylation is 1. The number of aromatic nitrogens is 4. The van der Waals surface area contributed by atoms with Crippen molar-refractivity contribution in [2.75, 3.05) is 24.2 Å². The zero-order chi connectivity index (χ0) is 24.6. The minimum absolute atomic E-state index is 0.214. The first kappa shape index (κ1) is 23.4. The predicted molar refractivity (Wildman–Crippen MR) is 135 cm³/mol. The molecular formula is C26H28FN5O2S. The van der Waals surface area contributed by atoms with Crippen molar-refractivity contribution in [3.05, 3.63) is 66.4 Å². The van der Waals surface area contributed by atoms with Crippen LogP contribution in [0.5, 0.6) is 0 Å². The van der Waals surface area contributed by atoms with Crippen molar-refractivity contribution in [3.8, 4) is 11.1 Å². The van der Waals surface area contributed by atoms with Gasteiger partial charge in [0.1, 0.15) is 5.82 Å². The number of benzene rings is 2. The van der Waals surface area contributed by atoms with E-state index < -0.39 is 9.84 Å². The Bertz CT molecular complexity index is 1440. The fourth-order valence-electron chi connectivity index (χ4n) is 4.60. The van der Waals surface area contributed by atoms with E-state index in [1.165, 1.54) is 18.2 Å². The van der Waals surface area contributed by atoms with E-state index in [4.69, 9.17) is 0 Å². The fraction of sp³-hybridized carbons (Fsp3) is 0.346. The van der Waals surface area contributed by atoms with Gasteiger partial charge in [-0.15, -0.1) is 0 Å². The second-order valence-electron chi connectivity index (χ2n) is 9.19. The Balaban J connectivity index is 1.29. The van der Waals surface area contributed by atoms with Crippen LogP contribution in [0.2, 0.25) is 0 Å². The van der Waals surface area contributed by atoms with Crippen molar-refractivity contribution in [1.82, 2.24) is 19.7 Å². The zero-order valence-electron chi connectivity index (χ0n) is 19.9. The number of nitrogens with zero attached hydrogens (tertiary/aromatic N) is 5. The van der Waals surface area contributed by atoms with E-state index in [9.17, 15) is 8.42 Å². The Labute approximate surface area is 204 Å². The summed E-state index contributed by atoms with van der Waals surface area (Å²) < 4.78 is 40.4. The Morgan fingerprint density at radius 1 is 1.03 bits per heavy atom. The summed E-state index contributed by atoms with van der Waals surface area (Å²) in [6.07, 6.45) is 9.63. The first-order valence-electron chi connectivity index (χ1n) is 11.8. The molecule has 1 aliphatic rings. The van der Waals surface area contributed by atoms with Crippen molar-refractivity contribution in [1.29, 1.82) is 0 Å². The summed E-state index contributed by atoms with van der Waals surface area (Å²) >= 11 is 0. The van der Waals surface area contributed by atoms with Crippen LogP contribution in [0.1, 0.15) is 25.3 Å². The molecule has 0 atom stereocenters. The topological polar surface area (TPSA) is 81.0 Å². The molecule has 4 aromatic rings. The molecule has 1 saturated heterocycles. The maximum atomic E-state index is 15.1. The van der Waals surface area contributed by atoms with Crippen LogP contribution in [-0.4, -0.2) is 47.5 Å². The lowest BCUT2D eigenvalue weighted by molar-refractivity contribution is 0.345. The van der Waals surface area contributed by atoms with Gasteiger partial charge in [-0.25, -0.2) is 22.8 Å². The number of anilines is 1. The smallest absolute Gasteiger partial charge is 0.225 e. The third-order valence-corrected chi connectivity index (χ3v) is 7.88. The van der Waals surface area contributed by atoms with E-state index in [1.807, 2.05) is 17.1 Å². The second-order valence-corrected chi connectivity index (χ2v) is 11.2. The summed E-state index contributed by atoms with van der Waals surface area (Å²) in [5.41, 5.74) is 2.96. The second kappa shape index (κ2) is 9.37. The molecule has 5 rings (SSSR count). The van der Waals surface area contributed by atoms with Gasteiger partial charge >= 0.3 is 0 Å². The lowest BCUT2D eigenvalue weighted by Gasteiger charge is -2.32. The van der Waals surface area contributed by atoms with E-state index >= 15 is 4.39 Å². The highest BCUT2D eigenvalue weighted by atomic mass is 32.2. The average Bonchev–Trinajstić information content (AvgIpc) is 3.25. The summed E-state index contributed by atoms with van der Waals surface area (Å²) in [5, 5.41) is 5.40. The highest BCUT2D eigenvalue weighted by Crippen LogP contribution is 2.30. The minimum Gasteiger partial charge on any atom is -0.341 e. The van der Waals surface area contributed by atoms with E-state index in [-0.39, 0.29) is 10.7 Å². The average molecular weight is 494 g/mol. The lowest BCUT2D eigenvalue weighted by Crippen LogP contribution is -2.36. The summed E-state index contributed by atoms with van der Waals surface area (Å²) in [6, 6.07) is 9.60. The summed E-state index contributed by atoms with van der Waals surface area (Å²) in [7, 11) is -3.30. The quantitative estimate of drug-likeness (QED) is 0.393. The van der Waals surface area contributed by atoms with Crippen LogP contribution in [-0.2, 0) is 22.8 Å². The van der Waals surface area contributed by atoms with E-state index in [2.05, 4.69) is 26.9 Å². The third-order valence-electron chi connectivity index (χ3n) is 6.75. The molecule has 7 nitrogen and oxygen atoms in total. The highest BCUT2D eigenvalue weighted by Gasteiger charge is 2.22. The number of hydrogen-bond donors (Lipinski definition) is 0. The van der Waals surface area contributed by atoms with Gasteiger partial charge in [0.2, 0.25) is 5.95 Å². The van der Waals surface area contributed by atoms with Gasteiger partial charge in [0.05, 0.1) is 16.6 Å². The van der Waals surface area contributed by atoms with Crippen LogP contribution in [0.3, 0.4) is 0 Å². The van der Waals surface area contributed by atoms with Gasteiger partial charge in [0, 0.05) is 55.3 Å². The van der Waals surface area contributed by atoms with Gasteiger partial charge in [-0.1, -0.05) is 19.1 Å². The first-order chi connectivity index (χ1) is 16.8. The molecule has 0 saturated carbocycles. The number of sulfone groups is 1. The van der Waals surface area contributed by atoms with Crippen molar-refractivity contribution < 1.29 is 12.8 Å². The standard InChI is InChI=1S/C26H28FN5O2S/c1-3-18-14-28-26(29-15-18)31-10-8-19(9-11-31)17-32-25-13-24(27)23(12-21(25)16-30-32)20-4-6-22(7-5-20)35(2,33)34/h4-7,12-16,19H,3,8-11,17H2,1-2H3. The molecule has 0 unspecified atom stereocenters. The number of rotatable bonds is 6. The highest BCUT2D eigenvalue weighted by molar-refractivity contribution is 7.90. The Hall–Kier alpha value is -3.33. The molecule has 0 N–H and O–H groups in total. The number of hydrogen-bond acceptors (Lipinski definition) is 6. The molecule has 2 aromatic heterocycles. The largest absolute Gasteiger partial charge is 0.341 e. The van der Waals surface area contributed by atoms with Gasteiger partial charge < -0.3 is 4.90 Å². The van der Waals surface area contributed by atoms with Crippen molar-refractivity contribution >= 4 is 26.7 Å². The normalized spacial score (nSPS) is 15.1. The van der Waals surface area contributed by atoms with Crippen LogP contribution in [0.15, 0.2) is 59.9 Å². The minimum atomic E-state index is -3.30. The molecule has 182 valence electrons. The molecule has 35 heavy (non-hydrogen) atoms. The first-order valence-corrected chi connectivity index (χ1v) is 13.7. The van der Waals surface area contributed by atoms with Crippen LogP contribution in [0.4, 0.5) is 10.3 Å². The summed E-state index contributed by atoms with van der Waals surface area (Å²) in [6.45, 7) is 4.59.